The van der Waals surface area contributed by atoms with E-state index in [2.05, 4.69) is 15.5 Å². The Bertz CT molecular complexity index is 891. The summed E-state index contributed by atoms with van der Waals surface area (Å²) in [6.07, 6.45) is -1.01. The Labute approximate surface area is 160 Å². The number of anilines is 1. The molecule has 1 fully saturated rings. The molecule has 0 saturated heterocycles. The van der Waals surface area contributed by atoms with Crippen LogP contribution in [0.5, 0.6) is 5.75 Å². The first-order valence-corrected chi connectivity index (χ1v) is 9.48. The molecule has 0 spiro atoms. The van der Waals surface area contributed by atoms with Gasteiger partial charge in [-0.25, -0.2) is 0 Å². The third-order valence-corrected chi connectivity index (χ3v) is 5.74. The summed E-state index contributed by atoms with van der Waals surface area (Å²) in [6.45, 7) is 2.01. The first-order valence-electron chi connectivity index (χ1n) is 9.48. The molecule has 28 heavy (non-hydrogen) atoms. The molecule has 3 aliphatic rings. The molecule has 1 heterocycles. The van der Waals surface area contributed by atoms with E-state index in [9.17, 15) is 23.4 Å². The second kappa shape index (κ2) is 6.92. The summed E-state index contributed by atoms with van der Waals surface area (Å²) in [5.41, 5.74) is 1.84. The van der Waals surface area contributed by atoms with Crippen molar-refractivity contribution in [1.82, 2.24) is 10.2 Å². The van der Waals surface area contributed by atoms with Crippen LogP contribution in [0.25, 0.3) is 11.3 Å². The van der Waals surface area contributed by atoms with Crippen molar-refractivity contribution in [2.45, 2.75) is 56.7 Å². The number of rotatable bonds is 4. The monoisotopic (exact) mass is 393 g/mol. The average molecular weight is 393 g/mol. The summed E-state index contributed by atoms with van der Waals surface area (Å²) < 4.78 is 38.8. The number of benzene rings is 1. The topological polar surface area (TPSA) is 78.3 Å². The lowest BCUT2D eigenvalue weighted by Gasteiger charge is -2.39. The molecule has 0 amide bonds. The minimum atomic E-state index is -4.52. The van der Waals surface area contributed by atoms with Crippen molar-refractivity contribution in [3.05, 3.63) is 34.9 Å². The van der Waals surface area contributed by atoms with Gasteiger partial charge in [0.2, 0.25) is 0 Å². The molecule has 150 valence electrons. The Hall–Kier alpha value is -2.35. The summed E-state index contributed by atoms with van der Waals surface area (Å²) in [7, 11) is 0. The van der Waals surface area contributed by atoms with Crippen LogP contribution in [0, 0.1) is 0 Å². The Morgan fingerprint density at radius 3 is 2.32 bits per heavy atom. The molecule has 2 bridgehead atoms. The van der Waals surface area contributed by atoms with Crippen molar-refractivity contribution < 1.29 is 23.4 Å². The van der Waals surface area contributed by atoms with Crippen molar-refractivity contribution in [2.24, 2.45) is 0 Å². The number of hydrogen-bond donors (Lipinski definition) is 3. The zero-order valence-corrected chi connectivity index (χ0v) is 15.4. The van der Waals surface area contributed by atoms with Gasteiger partial charge in [-0.05, 0) is 68.2 Å². The van der Waals surface area contributed by atoms with Gasteiger partial charge < -0.3 is 15.5 Å². The number of fused-ring (bicyclic) bond motifs is 2. The van der Waals surface area contributed by atoms with E-state index in [1.54, 1.807) is 6.92 Å². The second-order valence-electron chi connectivity index (χ2n) is 7.73. The minimum absolute atomic E-state index is 0.249. The first-order chi connectivity index (χ1) is 13.3. The molecule has 3 aliphatic carbocycles. The van der Waals surface area contributed by atoms with Crippen LogP contribution in [-0.2, 0) is 6.18 Å². The number of alkyl halides is 3. The Morgan fingerprint density at radius 1 is 1.11 bits per heavy atom. The number of aliphatic hydroxyl groups excluding tert-OH is 1. The standard InChI is InChI=1S/C20H22F3N3O2/c1-10(27)9-24-19-17-12-4-2-11(3-5-12)16(17)18(25-26-19)14-7-6-13(8-15(14)28)20(21,22)23/h6-8,10-12,27-28H,2-5,9H2,1H3,(H,24,26)/t10-,11?,12?/m1/s1. The van der Waals surface area contributed by atoms with Crippen molar-refractivity contribution in [2.75, 3.05) is 11.9 Å². The fraction of sp³-hybridized carbons (Fsp3) is 0.500. The highest BCUT2D eigenvalue weighted by atomic mass is 19.4. The number of nitrogens with one attached hydrogen (secondary N) is 1. The maximum absolute atomic E-state index is 12.9. The highest BCUT2D eigenvalue weighted by Crippen LogP contribution is 2.54. The second-order valence-corrected chi connectivity index (χ2v) is 7.73. The number of aliphatic hydroxyl groups is 1. The summed E-state index contributed by atoms with van der Waals surface area (Å²) in [6, 6.07) is 2.97. The lowest BCUT2D eigenvalue weighted by molar-refractivity contribution is -0.137. The summed E-state index contributed by atoms with van der Waals surface area (Å²) >= 11 is 0. The molecule has 1 saturated carbocycles. The maximum atomic E-state index is 12.9. The molecule has 5 nitrogen and oxygen atoms in total. The summed E-state index contributed by atoms with van der Waals surface area (Å²) in [4.78, 5) is 0. The van der Waals surface area contributed by atoms with Crippen LogP contribution in [0.1, 0.15) is 61.1 Å². The van der Waals surface area contributed by atoms with Gasteiger partial charge in [-0.1, -0.05) is 0 Å². The molecular weight excluding hydrogens is 371 g/mol. The van der Waals surface area contributed by atoms with Crippen molar-refractivity contribution >= 4 is 5.82 Å². The van der Waals surface area contributed by atoms with Crippen molar-refractivity contribution in [3.8, 4) is 17.0 Å². The molecule has 3 N–H and O–H groups in total. The van der Waals surface area contributed by atoms with Gasteiger partial charge in [-0.3, -0.25) is 0 Å². The van der Waals surface area contributed by atoms with Gasteiger partial charge in [0, 0.05) is 17.7 Å². The number of nitrogens with zero attached hydrogens (tertiary/aromatic N) is 2. The van der Waals surface area contributed by atoms with Gasteiger partial charge >= 0.3 is 6.18 Å². The molecule has 1 aromatic heterocycles. The van der Waals surface area contributed by atoms with Crippen molar-refractivity contribution in [1.29, 1.82) is 0 Å². The molecule has 1 aromatic carbocycles. The van der Waals surface area contributed by atoms with E-state index in [4.69, 9.17) is 0 Å². The molecule has 0 radical (unpaired) electrons. The third-order valence-electron chi connectivity index (χ3n) is 5.74. The molecule has 0 aliphatic heterocycles. The number of phenols is 1. The lowest BCUT2D eigenvalue weighted by Crippen LogP contribution is -2.27. The van der Waals surface area contributed by atoms with Gasteiger partial charge in [0.1, 0.15) is 11.4 Å². The first kappa shape index (κ1) is 19.0. The summed E-state index contributed by atoms with van der Waals surface area (Å²) in [5.74, 6) is 0.736. The van der Waals surface area contributed by atoms with Gasteiger partial charge in [0.15, 0.2) is 5.82 Å². The Kier molecular flexibility index (Phi) is 4.69. The quantitative estimate of drug-likeness (QED) is 0.717. The van der Waals surface area contributed by atoms with Crippen LogP contribution >= 0.6 is 0 Å². The van der Waals surface area contributed by atoms with Gasteiger partial charge in [-0.15, -0.1) is 10.2 Å². The molecule has 8 heteroatoms. The highest BCUT2D eigenvalue weighted by Gasteiger charge is 2.39. The van der Waals surface area contributed by atoms with E-state index in [1.807, 2.05) is 0 Å². The SMILES string of the molecule is C[C@@H](O)CNc1nnc(-c2ccc(C(F)(F)F)cc2O)c2c1C1CCC2CC1. The van der Waals surface area contributed by atoms with Crippen LogP contribution in [-0.4, -0.2) is 33.1 Å². The number of aromatic hydroxyl groups is 1. The molecule has 5 rings (SSSR count). The van der Waals surface area contributed by atoms with E-state index in [0.29, 0.717) is 24.0 Å². The molecule has 2 aromatic rings. The zero-order chi connectivity index (χ0) is 20.1. The fourth-order valence-electron chi connectivity index (χ4n) is 4.44. The molecule has 0 unspecified atom stereocenters. The minimum Gasteiger partial charge on any atom is -0.507 e. The van der Waals surface area contributed by atoms with Crippen LogP contribution in [0.3, 0.4) is 0 Å². The van der Waals surface area contributed by atoms with E-state index >= 15 is 0 Å². The molecule has 1 atom stereocenters. The van der Waals surface area contributed by atoms with Crippen LogP contribution < -0.4 is 5.32 Å². The van der Waals surface area contributed by atoms with E-state index < -0.39 is 23.6 Å². The highest BCUT2D eigenvalue weighted by molar-refractivity contribution is 5.74. The van der Waals surface area contributed by atoms with Crippen LogP contribution in [0.15, 0.2) is 18.2 Å². The number of hydrogen-bond acceptors (Lipinski definition) is 5. The third kappa shape index (κ3) is 3.30. The predicted octanol–water partition coefficient (Wildman–Crippen LogP) is 4.42. The smallest absolute Gasteiger partial charge is 0.416 e. The van der Waals surface area contributed by atoms with Gasteiger partial charge in [-0.2, -0.15) is 13.2 Å². The largest absolute Gasteiger partial charge is 0.507 e. The zero-order valence-electron chi connectivity index (χ0n) is 15.4. The van der Waals surface area contributed by atoms with E-state index in [-0.39, 0.29) is 11.5 Å². The van der Waals surface area contributed by atoms with Gasteiger partial charge in [0.25, 0.3) is 0 Å². The van der Waals surface area contributed by atoms with E-state index in [1.165, 1.54) is 6.07 Å². The maximum Gasteiger partial charge on any atom is 0.416 e. The van der Waals surface area contributed by atoms with Crippen molar-refractivity contribution in [3.63, 3.8) is 0 Å². The predicted molar refractivity (Wildman–Crippen MR) is 98.3 cm³/mol. The average Bonchev–Trinajstić information content (AvgIpc) is 2.66. The van der Waals surface area contributed by atoms with Crippen LogP contribution in [0.4, 0.5) is 19.0 Å². The number of aromatic nitrogens is 2. The lowest BCUT2D eigenvalue weighted by atomic mass is 9.66. The summed E-state index contributed by atoms with van der Waals surface area (Å²) in [5, 5.41) is 31.6. The Morgan fingerprint density at radius 2 is 1.75 bits per heavy atom. The fourth-order valence-corrected chi connectivity index (χ4v) is 4.44. The van der Waals surface area contributed by atoms with Gasteiger partial charge in [0.05, 0.1) is 11.7 Å². The Balaban J connectivity index is 1.82. The molecular formula is C20H22F3N3O2. The van der Waals surface area contributed by atoms with E-state index in [0.717, 1.165) is 48.9 Å². The van der Waals surface area contributed by atoms with Crippen LogP contribution in [0.2, 0.25) is 0 Å². The number of phenolic OH excluding ortho intramolecular Hbond substituents is 1. The normalized spacial score (nSPS) is 22.0. The number of halogens is 3.